The number of hydrogen-bond donors (Lipinski definition) is 2. The molecule has 122 valence electrons. The van der Waals surface area contributed by atoms with E-state index in [-0.39, 0.29) is 18.3 Å². The summed E-state index contributed by atoms with van der Waals surface area (Å²) < 4.78 is 10.9. The van der Waals surface area contributed by atoms with Crippen LogP contribution in [-0.4, -0.2) is 17.6 Å². The van der Waals surface area contributed by atoms with Crippen molar-refractivity contribution in [2.24, 2.45) is 0 Å². The highest BCUT2D eigenvalue weighted by Crippen LogP contribution is 2.23. The summed E-state index contributed by atoms with van der Waals surface area (Å²) >= 11 is 0. The number of carbonyl (C=O) groups is 1. The van der Waals surface area contributed by atoms with Gasteiger partial charge in [-0.15, -0.1) is 0 Å². The SMILES string of the molecule is O=C(NC(CO)c1ccccc1)c1ccc(Oc2ccccc2)o1. The first-order chi connectivity index (χ1) is 11.8. The second-order valence-electron chi connectivity index (χ2n) is 5.15. The van der Waals surface area contributed by atoms with Gasteiger partial charge in [-0.2, -0.15) is 0 Å². The predicted octanol–water partition coefficient (Wildman–Crippen LogP) is 3.54. The van der Waals surface area contributed by atoms with E-state index in [1.165, 1.54) is 6.07 Å². The highest BCUT2D eigenvalue weighted by molar-refractivity contribution is 5.91. The normalized spacial score (nSPS) is 11.7. The van der Waals surface area contributed by atoms with Crippen molar-refractivity contribution in [2.45, 2.75) is 6.04 Å². The number of aliphatic hydroxyl groups excluding tert-OH is 1. The van der Waals surface area contributed by atoms with Crippen LogP contribution >= 0.6 is 0 Å². The number of amides is 1. The van der Waals surface area contributed by atoms with Gasteiger partial charge in [0, 0.05) is 6.07 Å². The molecule has 0 radical (unpaired) electrons. The van der Waals surface area contributed by atoms with Crippen LogP contribution in [0, 0.1) is 0 Å². The maximum atomic E-state index is 12.3. The molecule has 1 amide bonds. The van der Waals surface area contributed by atoms with Crippen molar-refractivity contribution in [2.75, 3.05) is 6.61 Å². The van der Waals surface area contributed by atoms with Gasteiger partial charge >= 0.3 is 0 Å². The Morgan fingerprint density at radius 3 is 2.33 bits per heavy atom. The van der Waals surface area contributed by atoms with Crippen LogP contribution in [0.3, 0.4) is 0 Å². The van der Waals surface area contributed by atoms with Gasteiger partial charge in [0.15, 0.2) is 5.76 Å². The van der Waals surface area contributed by atoms with Gasteiger partial charge < -0.3 is 19.6 Å². The molecule has 0 aliphatic carbocycles. The lowest BCUT2D eigenvalue weighted by atomic mass is 10.1. The monoisotopic (exact) mass is 323 g/mol. The molecule has 1 atom stereocenters. The second-order valence-corrected chi connectivity index (χ2v) is 5.15. The zero-order chi connectivity index (χ0) is 16.8. The Labute approximate surface area is 139 Å². The molecule has 0 bridgehead atoms. The van der Waals surface area contributed by atoms with Crippen molar-refractivity contribution < 1.29 is 19.1 Å². The van der Waals surface area contributed by atoms with Gasteiger partial charge in [-0.1, -0.05) is 48.5 Å². The largest absolute Gasteiger partial charge is 0.426 e. The van der Waals surface area contributed by atoms with Gasteiger partial charge in [0.25, 0.3) is 11.9 Å². The van der Waals surface area contributed by atoms with E-state index in [1.807, 2.05) is 48.5 Å². The summed E-state index contributed by atoms with van der Waals surface area (Å²) in [6, 6.07) is 21.0. The fourth-order valence-corrected chi connectivity index (χ4v) is 2.25. The van der Waals surface area contributed by atoms with Crippen molar-refractivity contribution in [3.05, 3.63) is 84.1 Å². The summed E-state index contributed by atoms with van der Waals surface area (Å²) in [6.45, 7) is -0.205. The summed E-state index contributed by atoms with van der Waals surface area (Å²) in [6.07, 6.45) is 0. The number of aliphatic hydroxyl groups is 1. The Kier molecular flexibility index (Phi) is 4.93. The molecule has 1 aromatic heterocycles. The maximum Gasteiger partial charge on any atom is 0.290 e. The number of benzene rings is 2. The second kappa shape index (κ2) is 7.48. The quantitative estimate of drug-likeness (QED) is 0.728. The van der Waals surface area contributed by atoms with Gasteiger partial charge in [0.1, 0.15) is 5.75 Å². The molecule has 2 N–H and O–H groups in total. The average molecular weight is 323 g/mol. The molecule has 1 heterocycles. The average Bonchev–Trinajstić information content (AvgIpc) is 3.10. The lowest BCUT2D eigenvalue weighted by molar-refractivity contribution is 0.0883. The number of rotatable bonds is 6. The van der Waals surface area contributed by atoms with E-state index >= 15 is 0 Å². The van der Waals surface area contributed by atoms with E-state index in [4.69, 9.17) is 9.15 Å². The molecule has 0 aliphatic heterocycles. The van der Waals surface area contributed by atoms with E-state index in [9.17, 15) is 9.90 Å². The smallest absolute Gasteiger partial charge is 0.290 e. The van der Waals surface area contributed by atoms with Crippen LogP contribution in [-0.2, 0) is 0 Å². The lowest BCUT2D eigenvalue weighted by Crippen LogP contribution is -2.30. The topological polar surface area (TPSA) is 71.7 Å². The van der Waals surface area contributed by atoms with Crippen molar-refractivity contribution in [3.63, 3.8) is 0 Å². The van der Waals surface area contributed by atoms with E-state index < -0.39 is 11.9 Å². The molecule has 2 aromatic carbocycles. The Morgan fingerprint density at radius 1 is 1.00 bits per heavy atom. The number of ether oxygens (including phenoxy) is 1. The third kappa shape index (κ3) is 3.83. The summed E-state index contributed by atoms with van der Waals surface area (Å²) in [5.74, 6) is 0.555. The fourth-order valence-electron chi connectivity index (χ4n) is 2.25. The highest BCUT2D eigenvalue weighted by atomic mass is 16.6. The minimum absolute atomic E-state index is 0.121. The molecule has 0 saturated carbocycles. The molecule has 0 saturated heterocycles. The first-order valence-corrected chi connectivity index (χ1v) is 7.55. The Morgan fingerprint density at radius 2 is 1.67 bits per heavy atom. The minimum atomic E-state index is -0.498. The predicted molar refractivity (Wildman–Crippen MR) is 89.0 cm³/mol. The number of para-hydroxylation sites is 1. The van der Waals surface area contributed by atoms with E-state index in [1.54, 1.807) is 18.2 Å². The minimum Gasteiger partial charge on any atom is -0.426 e. The highest BCUT2D eigenvalue weighted by Gasteiger charge is 2.18. The van der Waals surface area contributed by atoms with E-state index in [2.05, 4.69) is 5.32 Å². The maximum absolute atomic E-state index is 12.3. The summed E-state index contributed by atoms with van der Waals surface area (Å²) in [5.41, 5.74) is 0.820. The summed E-state index contributed by atoms with van der Waals surface area (Å²) in [7, 11) is 0. The van der Waals surface area contributed by atoms with E-state index in [0.29, 0.717) is 5.75 Å². The number of hydrogen-bond acceptors (Lipinski definition) is 4. The summed E-state index contributed by atoms with van der Waals surface area (Å²) in [5, 5.41) is 12.2. The van der Waals surface area contributed by atoms with Crippen LogP contribution in [0.1, 0.15) is 22.2 Å². The zero-order valence-corrected chi connectivity index (χ0v) is 12.9. The first-order valence-electron chi connectivity index (χ1n) is 7.55. The molecule has 0 spiro atoms. The molecule has 3 aromatic rings. The molecular formula is C19H17NO4. The van der Waals surface area contributed by atoms with Gasteiger partial charge in [0.05, 0.1) is 12.6 Å². The lowest BCUT2D eigenvalue weighted by Gasteiger charge is -2.15. The van der Waals surface area contributed by atoms with Gasteiger partial charge in [-0.3, -0.25) is 4.79 Å². The molecule has 24 heavy (non-hydrogen) atoms. The third-order valence-corrected chi connectivity index (χ3v) is 3.46. The van der Waals surface area contributed by atoms with Crippen LogP contribution in [0.5, 0.6) is 11.7 Å². The molecule has 0 aliphatic rings. The zero-order valence-electron chi connectivity index (χ0n) is 12.9. The molecule has 1 unspecified atom stereocenters. The molecule has 3 rings (SSSR count). The van der Waals surface area contributed by atoms with Gasteiger partial charge in [-0.25, -0.2) is 0 Å². The molecule has 5 nitrogen and oxygen atoms in total. The number of nitrogens with one attached hydrogen (secondary N) is 1. The van der Waals surface area contributed by atoms with Crippen molar-refractivity contribution in [3.8, 4) is 11.7 Å². The van der Waals surface area contributed by atoms with Gasteiger partial charge in [0.2, 0.25) is 0 Å². The molecule has 0 fully saturated rings. The van der Waals surface area contributed by atoms with Crippen LogP contribution in [0.25, 0.3) is 0 Å². The Hall–Kier alpha value is -3.05. The summed E-state index contributed by atoms with van der Waals surface area (Å²) in [4.78, 5) is 12.3. The first kappa shape index (κ1) is 15.8. The number of furan rings is 1. The Bertz CT molecular complexity index is 783. The van der Waals surface area contributed by atoms with Crippen LogP contribution in [0.15, 0.2) is 77.2 Å². The van der Waals surface area contributed by atoms with Crippen molar-refractivity contribution in [1.29, 1.82) is 0 Å². The van der Waals surface area contributed by atoms with Gasteiger partial charge in [-0.05, 0) is 23.8 Å². The standard InChI is InChI=1S/C19H17NO4/c21-13-16(14-7-3-1-4-8-14)20-19(22)17-11-12-18(24-17)23-15-9-5-2-6-10-15/h1-12,16,21H,13H2,(H,20,22). The fraction of sp³-hybridized carbons (Fsp3) is 0.105. The van der Waals surface area contributed by atoms with Crippen molar-refractivity contribution >= 4 is 5.91 Å². The van der Waals surface area contributed by atoms with Crippen LogP contribution in [0.4, 0.5) is 0 Å². The van der Waals surface area contributed by atoms with Crippen LogP contribution in [0.2, 0.25) is 0 Å². The number of carbonyl (C=O) groups excluding carboxylic acids is 1. The third-order valence-electron chi connectivity index (χ3n) is 3.46. The molecule has 5 heteroatoms. The van der Waals surface area contributed by atoms with Crippen molar-refractivity contribution in [1.82, 2.24) is 5.32 Å². The van der Waals surface area contributed by atoms with Crippen LogP contribution < -0.4 is 10.1 Å². The molecular weight excluding hydrogens is 306 g/mol. The van der Waals surface area contributed by atoms with E-state index in [0.717, 1.165) is 5.56 Å². The Balaban J connectivity index is 1.67.